The predicted octanol–water partition coefficient (Wildman–Crippen LogP) is 0.412. The van der Waals surface area contributed by atoms with Gasteiger partial charge in [0.15, 0.2) is 0 Å². The Bertz CT molecular complexity index is 485. The molecule has 1 rings (SSSR count). The smallest absolute Gasteiger partial charge is 0.403 e. The third-order valence-corrected chi connectivity index (χ3v) is 3.65. The molecule has 4 N–H and O–H groups in total. The SMILES string of the molecule is CN(C(Cc1ccccc1O)C(=O)O)P(=O)(O)O. The number of aliphatic carboxylic acids is 1. The van der Waals surface area contributed by atoms with Gasteiger partial charge >= 0.3 is 13.7 Å². The van der Waals surface area contributed by atoms with E-state index in [0.717, 1.165) is 7.05 Å². The number of phenolic OH excluding ortho intramolecular Hbond substituents is 1. The van der Waals surface area contributed by atoms with Crippen LogP contribution >= 0.6 is 7.75 Å². The number of rotatable bonds is 5. The first kappa shape index (κ1) is 14.7. The van der Waals surface area contributed by atoms with Crippen LogP contribution in [0.25, 0.3) is 0 Å². The van der Waals surface area contributed by atoms with Crippen molar-refractivity contribution in [3.05, 3.63) is 29.8 Å². The van der Waals surface area contributed by atoms with E-state index in [1.54, 1.807) is 12.1 Å². The molecule has 1 unspecified atom stereocenters. The average molecular weight is 275 g/mol. The second-order valence-electron chi connectivity index (χ2n) is 3.77. The molecule has 0 fully saturated rings. The van der Waals surface area contributed by atoms with Crippen molar-refractivity contribution in [2.45, 2.75) is 12.5 Å². The Balaban J connectivity index is 2.99. The highest BCUT2D eigenvalue weighted by Gasteiger charge is 2.34. The Morgan fingerprint density at radius 3 is 2.39 bits per heavy atom. The molecule has 0 spiro atoms. The molecular formula is C10H14NO6P. The van der Waals surface area contributed by atoms with E-state index in [1.165, 1.54) is 12.1 Å². The maximum Gasteiger partial charge on any atom is 0.403 e. The van der Waals surface area contributed by atoms with Crippen molar-refractivity contribution in [3.8, 4) is 5.75 Å². The van der Waals surface area contributed by atoms with E-state index in [9.17, 15) is 14.5 Å². The van der Waals surface area contributed by atoms with Crippen LogP contribution in [0.4, 0.5) is 0 Å². The van der Waals surface area contributed by atoms with Crippen molar-refractivity contribution in [3.63, 3.8) is 0 Å². The normalized spacial score (nSPS) is 13.6. The third-order valence-electron chi connectivity index (χ3n) is 2.55. The molecular weight excluding hydrogens is 261 g/mol. The Hall–Kier alpha value is -1.40. The zero-order valence-electron chi connectivity index (χ0n) is 9.59. The molecule has 0 amide bonds. The number of carbonyl (C=O) groups is 1. The van der Waals surface area contributed by atoms with Crippen LogP contribution in [0.3, 0.4) is 0 Å². The Morgan fingerprint density at radius 1 is 1.39 bits per heavy atom. The molecule has 0 aliphatic heterocycles. The highest BCUT2D eigenvalue weighted by atomic mass is 31.2. The number of hydrogen-bond donors (Lipinski definition) is 4. The van der Waals surface area contributed by atoms with Gasteiger partial charge in [0, 0.05) is 6.42 Å². The van der Waals surface area contributed by atoms with Crippen molar-refractivity contribution < 1.29 is 29.4 Å². The van der Waals surface area contributed by atoms with Crippen molar-refractivity contribution in [2.24, 2.45) is 0 Å². The standard InChI is InChI=1S/C10H14NO6P/c1-11(18(15,16)17)8(10(13)14)6-7-4-2-3-5-9(7)12/h2-5,8,12H,6H2,1H3,(H,13,14)(H2,15,16,17). The summed E-state index contributed by atoms with van der Waals surface area (Å²) in [6, 6.07) is 4.64. The zero-order chi connectivity index (χ0) is 13.9. The van der Waals surface area contributed by atoms with Crippen molar-refractivity contribution in [2.75, 3.05) is 7.05 Å². The van der Waals surface area contributed by atoms with E-state index < -0.39 is 19.8 Å². The summed E-state index contributed by atoms with van der Waals surface area (Å²) >= 11 is 0. The molecule has 0 aliphatic rings. The Kier molecular flexibility index (Phi) is 4.48. The van der Waals surface area contributed by atoms with E-state index in [-0.39, 0.29) is 12.2 Å². The minimum atomic E-state index is -4.65. The number of phenols is 1. The van der Waals surface area contributed by atoms with Gasteiger partial charge < -0.3 is 20.0 Å². The lowest BCUT2D eigenvalue weighted by atomic mass is 10.1. The van der Waals surface area contributed by atoms with Gasteiger partial charge in [0.2, 0.25) is 0 Å². The van der Waals surface area contributed by atoms with Gasteiger partial charge in [-0.3, -0.25) is 4.79 Å². The number of likely N-dealkylation sites (N-methyl/N-ethyl adjacent to an activating group) is 1. The number of carboxylic acids is 1. The van der Waals surface area contributed by atoms with Gasteiger partial charge in [-0.15, -0.1) is 0 Å². The first-order chi connectivity index (χ1) is 8.23. The number of benzene rings is 1. The van der Waals surface area contributed by atoms with Crippen LogP contribution in [0.2, 0.25) is 0 Å². The summed E-state index contributed by atoms with van der Waals surface area (Å²) in [4.78, 5) is 29.0. The minimum Gasteiger partial charge on any atom is -0.508 e. The molecule has 0 heterocycles. The molecule has 0 bridgehead atoms. The second-order valence-corrected chi connectivity index (χ2v) is 5.43. The van der Waals surface area contributed by atoms with Gasteiger partial charge in [-0.05, 0) is 18.7 Å². The van der Waals surface area contributed by atoms with Crippen LogP contribution in [0.1, 0.15) is 5.56 Å². The molecule has 8 heteroatoms. The maximum atomic E-state index is 11.0. The molecule has 1 aromatic rings. The highest BCUT2D eigenvalue weighted by molar-refractivity contribution is 7.49. The number of nitrogens with zero attached hydrogens (tertiary/aromatic N) is 1. The lowest BCUT2D eigenvalue weighted by Gasteiger charge is -2.25. The van der Waals surface area contributed by atoms with Gasteiger partial charge in [0.25, 0.3) is 0 Å². The fourth-order valence-corrected chi connectivity index (χ4v) is 2.00. The first-order valence-electron chi connectivity index (χ1n) is 5.02. The van der Waals surface area contributed by atoms with Crippen LogP contribution in [-0.2, 0) is 15.8 Å². The second kappa shape index (κ2) is 5.49. The van der Waals surface area contributed by atoms with Crippen LogP contribution in [-0.4, -0.2) is 43.7 Å². The average Bonchev–Trinajstić information content (AvgIpc) is 2.25. The van der Waals surface area contributed by atoms with E-state index in [0.29, 0.717) is 10.2 Å². The van der Waals surface area contributed by atoms with Crippen molar-refractivity contribution in [1.82, 2.24) is 4.67 Å². The molecule has 1 aromatic carbocycles. The van der Waals surface area contributed by atoms with Gasteiger partial charge in [0.05, 0.1) is 0 Å². The summed E-state index contributed by atoms with van der Waals surface area (Å²) in [7, 11) is -3.62. The number of para-hydroxylation sites is 1. The molecule has 0 saturated carbocycles. The molecule has 7 nitrogen and oxygen atoms in total. The maximum absolute atomic E-state index is 11.0. The van der Waals surface area contributed by atoms with Gasteiger partial charge in [-0.2, -0.15) is 4.67 Å². The molecule has 0 aliphatic carbocycles. The predicted molar refractivity (Wildman–Crippen MR) is 63.0 cm³/mol. The first-order valence-corrected chi connectivity index (χ1v) is 6.58. The topological polar surface area (TPSA) is 118 Å². The van der Waals surface area contributed by atoms with Crippen molar-refractivity contribution in [1.29, 1.82) is 0 Å². The van der Waals surface area contributed by atoms with Gasteiger partial charge in [0.1, 0.15) is 11.8 Å². The van der Waals surface area contributed by atoms with Gasteiger partial charge in [-0.1, -0.05) is 18.2 Å². The van der Waals surface area contributed by atoms with Crippen LogP contribution in [0.15, 0.2) is 24.3 Å². The Morgan fingerprint density at radius 2 is 1.94 bits per heavy atom. The van der Waals surface area contributed by atoms with E-state index in [1.807, 2.05) is 0 Å². The molecule has 100 valence electrons. The van der Waals surface area contributed by atoms with Crippen LogP contribution in [0.5, 0.6) is 5.75 Å². The molecule has 0 saturated heterocycles. The van der Waals surface area contributed by atoms with Crippen LogP contribution in [0, 0.1) is 0 Å². The fourth-order valence-electron chi connectivity index (χ4n) is 1.45. The number of carboxylic acid groups (broad SMARTS) is 1. The lowest BCUT2D eigenvalue weighted by molar-refractivity contribution is -0.141. The molecule has 0 radical (unpaired) electrons. The lowest BCUT2D eigenvalue weighted by Crippen LogP contribution is -2.38. The summed E-state index contributed by atoms with van der Waals surface area (Å²) < 4.78 is 11.5. The Labute approximate surface area is 104 Å². The summed E-state index contributed by atoms with van der Waals surface area (Å²) in [6.45, 7) is 0. The number of aromatic hydroxyl groups is 1. The van der Waals surface area contributed by atoms with E-state index in [2.05, 4.69) is 0 Å². The monoisotopic (exact) mass is 275 g/mol. The quantitative estimate of drug-likeness (QED) is 0.575. The fraction of sp³-hybridized carbons (Fsp3) is 0.300. The van der Waals surface area contributed by atoms with E-state index >= 15 is 0 Å². The molecule has 18 heavy (non-hydrogen) atoms. The summed E-state index contributed by atoms with van der Waals surface area (Å²) in [5.74, 6) is -1.48. The highest BCUT2D eigenvalue weighted by Crippen LogP contribution is 2.41. The zero-order valence-corrected chi connectivity index (χ0v) is 10.5. The van der Waals surface area contributed by atoms with Gasteiger partial charge in [-0.25, -0.2) is 4.57 Å². The largest absolute Gasteiger partial charge is 0.508 e. The molecule has 0 aromatic heterocycles. The summed E-state index contributed by atoms with van der Waals surface area (Å²) in [6.07, 6.45) is -0.205. The summed E-state index contributed by atoms with van der Waals surface area (Å²) in [5, 5.41) is 18.5. The third kappa shape index (κ3) is 3.54. The number of hydrogen-bond acceptors (Lipinski definition) is 3. The summed E-state index contributed by atoms with van der Waals surface area (Å²) in [5.41, 5.74) is 0.310. The van der Waals surface area contributed by atoms with Crippen molar-refractivity contribution >= 4 is 13.7 Å². The minimum absolute atomic E-state index is 0.108. The van der Waals surface area contributed by atoms with Crippen LogP contribution < -0.4 is 0 Å². The molecule has 1 atom stereocenters. The van der Waals surface area contributed by atoms with E-state index in [4.69, 9.17) is 14.9 Å².